The Bertz CT molecular complexity index is 525. The minimum absolute atomic E-state index is 0.0108. The Hall–Kier alpha value is -1.95. The van der Waals surface area contributed by atoms with Crippen LogP contribution in [0.25, 0.3) is 0 Å². The summed E-state index contributed by atoms with van der Waals surface area (Å²) in [6.45, 7) is 5.55. The minimum atomic E-state index is -1.11. The third-order valence-electron chi connectivity index (χ3n) is 2.20. The molecule has 0 heterocycles. The second-order valence-corrected chi connectivity index (χ2v) is 5.66. The molecule has 0 unspecified atom stereocenters. The number of rotatable bonds is 5. The van der Waals surface area contributed by atoms with Crippen LogP contribution in [0.15, 0.2) is 18.2 Å². The molecule has 0 aromatic heterocycles. The normalized spacial score (nSPS) is 10.9. The van der Waals surface area contributed by atoms with Crippen LogP contribution in [0.1, 0.15) is 31.1 Å². The zero-order valence-electron chi connectivity index (χ0n) is 12.1. The molecule has 21 heavy (non-hydrogen) atoms. The molecule has 0 aliphatic carbocycles. The highest BCUT2D eigenvalue weighted by Gasteiger charge is 2.16. The van der Waals surface area contributed by atoms with Gasteiger partial charge in [-0.2, -0.15) is 0 Å². The van der Waals surface area contributed by atoms with E-state index in [1.807, 2.05) is 0 Å². The number of benzene rings is 1. The van der Waals surface area contributed by atoms with E-state index in [9.17, 15) is 9.59 Å². The van der Waals surface area contributed by atoms with Gasteiger partial charge < -0.3 is 19.9 Å². The average Bonchev–Trinajstić information content (AvgIpc) is 2.32. The fourth-order valence-electron chi connectivity index (χ4n) is 1.42. The first-order valence-corrected chi connectivity index (χ1v) is 6.69. The molecule has 0 saturated carbocycles. The van der Waals surface area contributed by atoms with E-state index in [1.54, 1.807) is 20.8 Å². The Labute approximate surface area is 128 Å². The van der Waals surface area contributed by atoms with Gasteiger partial charge in [0.2, 0.25) is 0 Å². The van der Waals surface area contributed by atoms with E-state index in [0.29, 0.717) is 5.02 Å². The number of amides is 1. The van der Waals surface area contributed by atoms with Gasteiger partial charge in [0.05, 0.1) is 6.54 Å². The maximum atomic E-state index is 11.4. The Kier molecular flexibility index (Phi) is 5.84. The Morgan fingerprint density at radius 3 is 2.57 bits per heavy atom. The first-order valence-electron chi connectivity index (χ1n) is 6.31. The maximum Gasteiger partial charge on any atom is 0.407 e. The molecule has 0 fully saturated rings. The van der Waals surface area contributed by atoms with Crippen LogP contribution < -0.4 is 10.1 Å². The fraction of sp³-hybridized carbons (Fsp3) is 0.429. The van der Waals surface area contributed by atoms with Crippen molar-refractivity contribution in [1.29, 1.82) is 0 Å². The largest absolute Gasteiger partial charge is 0.491 e. The molecule has 0 atom stereocenters. The smallest absolute Gasteiger partial charge is 0.407 e. The lowest BCUT2D eigenvalue weighted by Gasteiger charge is -2.19. The van der Waals surface area contributed by atoms with E-state index in [2.05, 4.69) is 5.32 Å². The SMILES string of the molecule is CC(C)(C)OC(=O)NCCOc1cc(Cl)ccc1C(=O)O. The zero-order chi connectivity index (χ0) is 16.0. The van der Waals surface area contributed by atoms with Crippen molar-refractivity contribution in [3.05, 3.63) is 28.8 Å². The highest BCUT2D eigenvalue weighted by Crippen LogP contribution is 2.23. The molecule has 0 spiro atoms. The van der Waals surface area contributed by atoms with Crippen LogP contribution >= 0.6 is 11.6 Å². The Morgan fingerprint density at radius 1 is 1.33 bits per heavy atom. The van der Waals surface area contributed by atoms with Crippen molar-refractivity contribution < 1.29 is 24.2 Å². The molecule has 0 bridgehead atoms. The topological polar surface area (TPSA) is 84.9 Å². The molecule has 7 heteroatoms. The second kappa shape index (κ2) is 7.17. The second-order valence-electron chi connectivity index (χ2n) is 5.22. The average molecular weight is 316 g/mol. The third kappa shape index (κ3) is 6.35. The summed E-state index contributed by atoms with van der Waals surface area (Å²) in [7, 11) is 0. The number of carbonyl (C=O) groups is 2. The highest BCUT2D eigenvalue weighted by molar-refractivity contribution is 6.30. The van der Waals surface area contributed by atoms with E-state index in [1.165, 1.54) is 18.2 Å². The molecule has 6 nitrogen and oxygen atoms in total. The molecule has 1 aromatic rings. The van der Waals surface area contributed by atoms with Crippen molar-refractivity contribution in [3.63, 3.8) is 0 Å². The number of carboxylic acids is 1. The van der Waals surface area contributed by atoms with Gasteiger partial charge in [0.15, 0.2) is 0 Å². The summed E-state index contributed by atoms with van der Waals surface area (Å²) in [5.41, 5.74) is -0.564. The monoisotopic (exact) mass is 315 g/mol. The molecule has 2 N–H and O–H groups in total. The quantitative estimate of drug-likeness (QED) is 0.816. The molecule has 1 amide bonds. The maximum absolute atomic E-state index is 11.4. The van der Waals surface area contributed by atoms with E-state index in [0.717, 1.165) is 0 Å². The standard InChI is InChI=1S/C14H18ClNO5/c1-14(2,3)21-13(19)16-6-7-20-11-8-9(15)4-5-10(11)12(17)18/h4-5,8H,6-7H2,1-3H3,(H,16,19)(H,17,18). The summed E-state index contributed by atoms with van der Waals surface area (Å²) in [4.78, 5) is 22.4. The number of nitrogens with one attached hydrogen (secondary N) is 1. The molecular weight excluding hydrogens is 298 g/mol. The van der Waals surface area contributed by atoms with Gasteiger partial charge in [0.1, 0.15) is 23.5 Å². The Morgan fingerprint density at radius 2 is 2.00 bits per heavy atom. The summed E-state index contributed by atoms with van der Waals surface area (Å²) < 4.78 is 10.4. The van der Waals surface area contributed by atoms with Crippen LogP contribution in [0.3, 0.4) is 0 Å². The first kappa shape index (κ1) is 17.1. The number of hydrogen-bond acceptors (Lipinski definition) is 4. The lowest BCUT2D eigenvalue weighted by atomic mass is 10.2. The lowest BCUT2D eigenvalue weighted by molar-refractivity contribution is 0.0518. The molecule has 0 aliphatic heterocycles. The van der Waals surface area contributed by atoms with Gasteiger partial charge in [-0.3, -0.25) is 0 Å². The number of alkyl carbamates (subject to hydrolysis) is 1. The summed E-state index contributed by atoms with van der Waals surface area (Å²) in [6.07, 6.45) is -0.560. The van der Waals surface area contributed by atoms with Crippen molar-refractivity contribution in [2.45, 2.75) is 26.4 Å². The van der Waals surface area contributed by atoms with E-state index in [-0.39, 0.29) is 24.5 Å². The predicted octanol–water partition coefficient (Wildman–Crippen LogP) is 2.94. The number of carboxylic acid groups (broad SMARTS) is 1. The van der Waals surface area contributed by atoms with Crippen LogP contribution in [0, 0.1) is 0 Å². The van der Waals surface area contributed by atoms with E-state index in [4.69, 9.17) is 26.2 Å². The van der Waals surface area contributed by atoms with Gasteiger partial charge in [-0.1, -0.05) is 11.6 Å². The lowest BCUT2D eigenvalue weighted by Crippen LogP contribution is -2.34. The van der Waals surface area contributed by atoms with Crippen molar-refractivity contribution in [2.24, 2.45) is 0 Å². The van der Waals surface area contributed by atoms with Crippen LogP contribution in [-0.4, -0.2) is 35.9 Å². The summed E-state index contributed by atoms with van der Waals surface area (Å²) in [5, 5.41) is 11.9. The number of ether oxygens (including phenoxy) is 2. The third-order valence-corrected chi connectivity index (χ3v) is 2.44. The van der Waals surface area contributed by atoms with E-state index < -0.39 is 17.7 Å². The highest BCUT2D eigenvalue weighted by atomic mass is 35.5. The minimum Gasteiger partial charge on any atom is -0.491 e. The van der Waals surface area contributed by atoms with Gasteiger partial charge in [-0.15, -0.1) is 0 Å². The molecule has 0 radical (unpaired) electrons. The van der Waals surface area contributed by atoms with Crippen LogP contribution in [0.4, 0.5) is 4.79 Å². The Balaban J connectivity index is 2.48. The van der Waals surface area contributed by atoms with Gasteiger partial charge in [0, 0.05) is 5.02 Å². The molecule has 1 rings (SSSR count). The first-order chi connectivity index (χ1) is 9.69. The predicted molar refractivity (Wildman–Crippen MR) is 78.1 cm³/mol. The molecule has 1 aromatic carbocycles. The summed E-state index contributed by atoms with van der Waals surface area (Å²) in [6, 6.07) is 4.25. The number of hydrogen-bond donors (Lipinski definition) is 2. The summed E-state index contributed by atoms with van der Waals surface area (Å²) in [5.74, 6) is -0.956. The van der Waals surface area contributed by atoms with E-state index >= 15 is 0 Å². The van der Waals surface area contributed by atoms with Gasteiger partial charge in [-0.25, -0.2) is 9.59 Å². The van der Waals surface area contributed by atoms with Crippen LogP contribution in [-0.2, 0) is 4.74 Å². The number of carbonyl (C=O) groups excluding carboxylic acids is 1. The van der Waals surface area contributed by atoms with Crippen LogP contribution in [0.5, 0.6) is 5.75 Å². The van der Waals surface area contributed by atoms with Crippen molar-refractivity contribution >= 4 is 23.7 Å². The van der Waals surface area contributed by atoms with Gasteiger partial charge in [0.25, 0.3) is 0 Å². The molecule has 0 saturated heterocycles. The number of aromatic carboxylic acids is 1. The van der Waals surface area contributed by atoms with Crippen molar-refractivity contribution in [2.75, 3.05) is 13.2 Å². The van der Waals surface area contributed by atoms with Crippen molar-refractivity contribution in [1.82, 2.24) is 5.32 Å². The molecular formula is C14H18ClNO5. The molecule has 116 valence electrons. The summed E-state index contributed by atoms with van der Waals surface area (Å²) >= 11 is 5.79. The van der Waals surface area contributed by atoms with Gasteiger partial charge >= 0.3 is 12.1 Å². The fourth-order valence-corrected chi connectivity index (χ4v) is 1.58. The van der Waals surface area contributed by atoms with Crippen LogP contribution in [0.2, 0.25) is 5.02 Å². The van der Waals surface area contributed by atoms with Gasteiger partial charge in [-0.05, 0) is 39.0 Å². The zero-order valence-corrected chi connectivity index (χ0v) is 12.9. The van der Waals surface area contributed by atoms with Crippen molar-refractivity contribution in [3.8, 4) is 5.75 Å². The molecule has 0 aliphatic rings. The number of halogens is 1.